The SMILES string of the molecule is CC(C)n1c(N)nnc1SCc1ccc(F)cc1Cl. The molecule has 0 amide bonds. The highest BCUT2D eigenvalue weighted by molar-refractivity contribution is 7.98. The van der Waals surface area contributed by atoms with Crippen molar-refractivity contribution < 1.29 is 4.39 Å². The normalized spacial score (nSPS) is 11.2. The molecule has 0 radical (unpaired) electrons. The van der Waals surface area contributed by atoms with E-state index in [9.17, 15) is 4.39 Å². The summed E-state index contributed by atoms with van der Waals surface area (Å²) in [6, 6.07) is 4.55. The number of nitrogens with two attached hydrogens (primary N) is 1. The number of rotatable bonds is 4. The first kappa shape index (κ1) is 14.1. The number of nitrogen functional groups attached to an aromatic ring is 1. The molecule has 0 saturated carbocycles. The minimum absolute atomic E-state index is 0.182. The van der Waals surface area contributed by atoms with E-state index in [1.54, 1.807) is 6.07 Å². The molecule has 1 aromatic heterocycles. The fourth-order valence-corrected chi connectivity index (χ4v) is 3.04. The van der Waals surface area contributed by atoms with Crippen molar-refractivity contribution in [3.8, 4) is 0 Å². The van der Waals surface area contributed by atoms with Crippen LogP contribution in [0.4, 0.5) is 10.3 Å². The average molecular weight is 301 g/mol. The molecule has 0 saturated heterocycles. The van der Waals surface area contributed by atoms with Gasteiger partial charge in [-0.05, 0) is 31.5 Å². The topological polar surface area (TPSA) is 56.7 Å². The van der Waals surface area contributed by atoms with E-state index in [0.29, 0.717) is 16.7 Å². The van der Waals surface area contributed by atoms with Crippen LogP contribution in [-0.2, 0) is 5.75 Å². The molecule has 19 heavy (non-hydrogen) atoms. The minimum atomic E-state index is -0.339. The van der Waals surface area contributed by atoms with E-state index in [-0.39, 0.29) is 11.9 Å². The maximum Gasteiger partial charge on any atom is 0.222 e. The Morgan fingerprint density at radius 2 is 2.16 bits per heavy atom. The number of nitrogens with zero attached hydrogens (tertiary/aromatic N) is 3. The Morgan fingerprint density at radius 1 is 1.42 bits per heavy atom. The minimum Gasteiger partial charge on any atom is -0.368 e. The summed E-state index contributed by atoms with van der Waals surface area (Å²) in [7, 11) is 0. The zero-order chi connectivity index (χ0) is 14.0. The van der Waals surface area contributed by atoms with Gasteiger partial charge in [0, 0.05) is 16.8 Å². The number of hydrogen-bond acceptors (Lipinski definition) is 4. The first-order valence-electron chi connectivity index (χ1n) is 5.76. The molecule has 7 heteroatoms. The monoisotopic (exact) mass is 300 g/mol. The fraction of sp³-hybridized carbons (Fsp3) is 0.333. The molecule has 4 nitrogen and oxygen atoms in total. The number of aromatic nitrogens is 3. The first-order chi connectivity index (χ1) is 8.99. The quantitative estimate of drug-likeness (QED) is 0.878. The maximum absolute atomic E-state index is 12.9. The van der Waals surface area contributed by atoms with E-state index in [1.807, 2.05) is 18.4 Å². The van der Waals surface area contributed by atoms with Gasteiger partial charge < -0.3 is 5.73 Å². The highest BCUT2D eigenvalue weighted by Gasteiger charge is 2.13. The van der Waals surface area contributed by atoms with Gasteiger partial charge in [0.2, 0.25) is 5.95 Å². The van der Waals surface area contributed by atoms with E-state index in [0.717, 1.165) is 10.7 Å². The van der Waals surface area contributed by atoms with Crippen LogP contribution in [0, 0.1) is 5.82 Å². The Morgan fingerprint density at radius 3 is 2.79 bits per heavy atom. The number of halogens is 2. The Hall–Kier alpha value is -1.27. The third kappa shape index (κ3) is 3.19. The molecule has 1 aromatic carbocycles. The zero-order valence-electron chi connectivity index (χ0n) is 10.6. The number of thioether (sulfide) groups is 1. The second kappa shape index (κ2) is 5.79. The summed E-state index contributed by atoms with van der Waals surface area (Å²) in [6.07, 6.45) is 0. The van der Waals surface area contributed by atoms with E-state index < -0.39 is 0 Å². The summed E-state index contributed by atoms with van der Waals surface area (Å²) in [5.74, 6) is 0.639. The predicted molar refractivity (Wildman–Crippen MR) is 75.8 cm³/mol. The van der Waals surface area contributed by atoms with Crippen LogP contribution in [0.3, 0.4) is 0 Å². The van der Waals surface area contributed by atoms with Crippen LogP contribution in [0.1, 0.15) is 25.5 Å². The van der Waals surface area contributed by atoms with Crippen LogP contribution in [-0.4, -0.2) is 14.8 Å². The smallest absolute Gasteiger partial charge is 0.222 e. The van der Waals surface area contributed by atoms with Crippen molar-refractivity contribution >= 4 is 29.3 Å². The van der Waals surface area contributed by atoms with Gasteiger partial charge >= 0.3 is 0 Å². The Balaban J connectivity index is 2.15. The number of hydrogen-bond donors (Lipinski definition) is 1. The lowest BCUT2D eigenvalue weighted by Gasteiger charge is -2.11. The van der Waals surface area contributed by atoms with Gasteiger partial charge in [0.1, 0.15) is 5.82 Å². The largest absolute Gasteiger partial charge is 0.368 e. The van der Waals surface area contributed by atoms with Gasteiger partial charge in [-0.15, -0.1) is 10.2 Å². The summed E-state index contributed by atoms with van der Waals surface area (Å²) in [4.78, 5) is 0. The van der Waals surface area contributed by atoms with Gasteiger partial charge in [-0.1, -0.05) is 29.4 Å². The van der Waals surface area contributed by atoms with Crippen molar-refractivity contribution in [2.75, 3.05) is 5.73 Å². The predicted octanol–water partition coefficient (Wildman–Crippen LogP) is 3.53. The highest BCUT2D eigenvalue weighted by Crippen LogP contribution is 2.28. The Kier molecular flexibility index (Phi) is 4.31. The molecule has 0 unspecified atom stereocenters. The van der Waals surface area contributed by atoms with Gasteiger partial charge in [0.25, 0.3) is 0 Å². The highest BCUT2D eigenvalue weighted by atomic mass is 35.5. The van der Waals surface area contributed by atoms with E-state index in [4.69, 9.17) is 17.3 Å². The molecule has 0 bridgehead atoms. The maximum atomic E-state index is 12.9. The molecule has 0 spiro atoms. The summed E-state index contributed by atoms with van der Waals surface area (Å²) in [6.45, 7) is 4.02. The third-order valence-corrected chi connectivity index (χ3v) is 3.92. The van der Waals surface area contributed by atoms with Crippen LogP contribution < -0.4 is 5.73 Å². The van der Waals surface area contributed by atoms with E-state index >= 15 is 0 Å². The molecular weight excluding hydrogens is 287 g/mol. The molecular formula is C12H14ClFN4S. The lowest BCUT2D eigenvalue weighted by molar-refractivity contribution is 0.557. The van der Waals surface area contributed by atoms with Crippen molar-refractivity contribution in [1.29, 1.82) is 0 Å². The molecule has 2 aromatic rings. The Labute approximate surface area is 120 Å². The van der Waals surface area contributed by atoms with Crippen molar-refractivity contribution in [3.05, 3.63) is 34.6 Å². The van der Waals surface area contributed by atoms with Crippen molar-refractivity contribution in [2.45, 2.75) is 30.8 Å². The van der Waals surface area contributed by atoms with Crippen LogP contribution in [0.2, 0.25) is 5.02 Å². The average Bonchev–Trinajstić information content (AvgIpc) is 2.69. The molecule has 0 atom stereocenters. The number of anilines is 1. The molecule has 0 aliphatic rings. The van der Waals surface area contributed by atoms with E-state index in [2.05, 4.69) is 10.2 Å². The molecule has 0 fully saturated rings. The van der Waals surface area contributed by atoms with Crippen LogP contribution in [0.15, 0.2) is 23.4 Å². The first-order valence-corrected chi connectivity index (χ1v) is 7.12. The van der Waals surface area contributed by atoms with Crippen molar-refractivity contribution in [3.63, 3.8) is 0 Å². The molecule has 0 aliphatic heterocycles. The van der Waals surface area contributed by atoms with Gasteiger partial charge in [-0.25, -0.2) is 4.39 Å². The third-order valence-electron chi connectivity index (χ3n) is 2.58. The standard InChI is InChI=1S/C12H14ClFN4S/c1-7(2)18-11(15)16-17-12(18)19-6-8-3-4-9(14)5-10(8)13/h3-5,7H,6H2,1-2H3,(H2,15,16). The van der Waals surface area contributed by atoms with Crippen LogP contribution in [0.25, 0.3) is 0 Å². The summed E-state index contributed by atoms with van der Waals surface area (Å²) in [5.41, 5.74) is 6.61. The fourth-order valence-electron chi connectivity index (χ4n) is 1.65. The molecule has 1 heterocycles. The zero-order valence-corrected chi connectivity index (χ0v) is 12.2. The molecule has 2 rings (SSSR count). The van der Waals surface area contributed by atoms with Gasteiger partial charge in [-0.2, -0.15) is 0 Å². The van der Waals surface area contributed by atoms with Gasteiger partial charge in [0.15, 0.2) is 5.16 Å². The summed E-state index contributed by atoms with van der Waals surface area (Å²) >= 11 is 7.45. The van der Waals surface area contributed by atoms with Gasteiger partial charge in [-0.3, -0.25) is 4.57 Å². The molecule has 102 valence electrons. The lowest BCUT2D eigenvalue weighted by atomic mass is 10.2. The molecule has 2 N–H and O–H groups in total. The summed E-state index contributed by atoms with van der Waals surface area (Å²) in [5, 5.41) is 9.04. The second-order valence-corrected chi connectivity index (χ2v) is 5.68. The van der Waals surface area contributed by atoms with Crippen molar-refractivity contribution in [1.82, 2.24) is 14.8 Å². The van der Waals surface area contributed by atoms with Crippen LogP contribution in [0.5, 0.6) is 0 Å². The summed E-state index contributed by atoms with van der Waals surface area (Å²) < 4.78 is 14.8. The van der Waals surface area contributed by atoms with Crippen LogP contribution >= 0.6 is 23.4 Å². The second-order valence-electron chi connectivity index (χ2n) is 4.33. The molecule has 0 aliphatic carbocycles. The van der Waals surface area contributed by atoms with E-state index in [1.165, 1.54) is 23.9 Å². The van der Waals surface area contributed by atoms with Gasteiger partial charge in [0.05, 0.1) is 0 Å². The Bertz CT molecular complexity index is 585. The van der Waals surface area contributed by atoms with Crippen molar-refractivity contribution in [2.24, 2.45) is 0 Å². The lowest BCUT2D eigenvalue weighted by Crippen LogP contribution is -2.07. The number of benzene rings is 1.